The van der Waals surface area contributed by atoms with Gasteiger partial charge in [0.05, 0.1) is 24.6 Å². The van der Waals surface area contributed by atoms with Crippen LogP contribution in [0.1, 0.15) is 25.7 Å². The molecular weight excluding hydrogens is 356 g/mol. The molecular formula is C19H21ClN2O4. The van der Waals surface area contributed by atoms with Crippen LogP contribution in [0.4, 0.5) is 5.69 Å². The van der Waals surface area contributed by atoms with Crippen molar-refractivity contribution in [3.05, 3.63) is 23.2 Å². The summed E-state index contributed by atoms with van der Waals surface area (Å²) in [4.78, 5) is 38.9. The van der Waals surface area contributed by atoms with Crippen molar-refractivity contribution in [1.29, 1.82) is 0 Å². The number of rotatable bonds is 5. The maximum atomic E-state index is 12.6. The predicted molar refractivity (Wildman–Crippen MR) is 95.8 cm³/mol. The van der Waals surface area contributed by atoms with Crippen LogP contribution in [-0.2, 0) is 14.4 Å². The maximum absolute atomic E-state index is 12.6. The standard InChI is InChI=1S/C19H21ClN2O4/c1-26-14-5-4-12(20)9-13(14)21-15(23)6-7-22-18(24)16-10-2-3-11(8-10)17(16)19(22)25/h4-5,9-11,16-17H,2-3,6-8H2,1H3,(H,21,23)/t10-,11-,16+,17+/m1/s1. The third-order valence-electron chi connectivity index (χ3n) is 6.02. The van der Waals surface area contributed by atoms with Crippen molar-refractivity contribution in [2.24, 2.45) is 23.7 Å². The number of hydrogen-bond acceptors (Lipinski definition) is 4. The summed E-state index contributed by atoms with van der Waals surface area (Å²) in [7, 11) is 1.51. The molecule has 3 amide bonds. The number of carbonyl (C=O) groups is 3. The Labute approximate surface area is 156 Å². The molecule has 1 aromatic rings. The molecule has 7 heteroatoms. The van der Waals surface area contributed by atoms with Crippen molar-refractivity contribution in [3.63, 3.8) is 0 Å². The van der Waals surface area contributed by atoms with Gasteiger partial charge in [0, 0.05) is 18.0 Å². The van der Waals surface area contributed by atoms with E-state index in [1.54, 1.807) is 18.2 Å². The average Bonchev–Trinajstić information content (AvgIpc) is 3.28. The molecule has 6 nitrogen and oxygen atoms in total. The molecule has 1 aliphatic heterocycles. The topological polar surface area (TPSA) is 75.7 Å². The Morgan fingerprint density at radius 2 is 1.88 bits per heavy atom. The number of carbonyl (C=O) groups excluding carboxylic acids is 3. The molecule has 0 radical (unpaired) electrons. The number of nitrogens with zero attached hydrogens (tertiary/aromatic N) is 1. The Balaban J connectivity index is 1.39. The van der Waals surface area contributed by atoms with Crippen molar-refractivity contribution in [2.45, 2.75) is 25.7 Å². The molecule has 2 aliphatic carbocycles. The van der Waals surface area contributed by atoms with Gasteiger partial charge in [0.2, 0.25) is 17.7 Å². The third-order valence-corrected chi connectivity index (χ3v) is 6.25. The summed E-state index contributed by atoms with van der Waals surface area (Å²) in [6.45, 7) is 0.124. The molecule has 4 atom stereocenters. The first-order chi connectivity index (χ1) is 12.5. The molecule has 2 saturated carbocycles. The van der Waals surface area contributed by atoms with Crippen molar-refractivity contribution < 1.29 is 19.1 Å². The summed E-state index contributed by atoms with van der Waals surface area (Å²) in [5.74, 6) is 0.482. The lowest BCUT2D eigenvalue weighted by atomic mass is 9.81. The number of fused-ring (bicyclic) bond motifs is 5. The van der Waals surface area contributed by atoms with E-state index < -0.39 is 0 Å². The number of hydrogen-bond donors (Lipinski definition) is 1. The normalized spacial score (nSPS) is 29.2. The molecule has 138 valence electrons. The van der Waals surface area contributed by atoms with Gasteiger partial charge in [-0.3, -0.25) is 19.3 Å². The highest BCUT2D eigenvalue weighted by Crippen LogP contribution is 2.56. The number of halogens is 1. The second kappa shape index (κ2) is 6.58. The number of benzene rings is 1. The lowest BCUT2D eigenvalue weighted by molar-refractivity contribution is -0.140. The highest BCUT2D eigenvalue weighted by molar-refractivity contribution is 6.31. The maximum Gasteiger partial charge on any atom is 0.233 e. The van der Waals surface area contributed by atoms with Crippen LogP contribution in [0, 0.1) is 23.7 Å². The van der Waals surface area contributed by atoms with Crippen LogP contribution in [0.15, 0.2) is 18.2 Å². The Bertz CT molecular complexity index is 753. The molecule has 26 heavy (non-hydrogen) atoms. The molecule has 0 aromatic heterocycles. The Morgan fingerprint density at radius 3 is 2.50 bits per heavy atom. The van der Waals surface area contributed by atoms with Crippen LogP contribution in [0.3, 0.4) is 0 Å². The van der Waals surface area contributed by atoms with Gasteiger partial charge in [0.1, 0.15) is 5.75 Å². The summed E-state index contributed by atoms with van der Waals surface area (Å²) in [6, 6.07) is 4.94. The first kappa shape index (κ1) is 17.3. The molecule has 0 unspecified atom stereocenters. The van der Waals surface area contributed by atoms with Crippen molar-refractivity contribution in [1.82, 2.24) is 4.90 Å². The summed E-state index contributed by atoms with van der Waals surface area (Å²) in [5.41, 5.74) is 0.471. The van der Waals surface area contributed by atoms with Gasteiger partial charge in [-0.1, -0.05) is 11.6 Å². The molecule has 3 fully saturated rings. The van der Waals surface area contributed by atoms with E-state index in [9.17, 15) is 14.4 Å². The van der Waals surface area contributed by atoms with E-state index >= 15 is 0 Å². The zero-order valence-electron chi connectivity index (χ0n) is 14.5. The molecule has 0 spiro atoms. The van der Waals surface area contributed by atoms with Crippen LogP contribution in [-0.4, -0.2) is 36.3 Å². The average molecular weight is 377 g/mol. The van der Waals surface area contributed by atoms with Gasteiger partial charge >= 0.3 is 0 Å². The first-order valence-electron chi connectivity index (χ1n) is 8.98. The number of ether oxygens (including phenoxy) is 1. The molecule has 3 aliphatic rings. The highest BCUT2D eigenvalue weighted by atomic mass is 35.5. The van der Waals surface area contributed by atoms with E-state index in [0.29, 0.717) is 28.3 Å². The Morgan fingerprint density at radius 1 is 1.23 bits per heavy atom. The number of anilines is 1. The fourth-order valence-corrected chi connectivity index (χ4v) is 5.07. The van der Waals surface area contributed by atoms with Crippen molar-refractivity contribution >= 4 is 35.0 Å². The zero-order chi connectivity index (χ0) is 18.4. The SMILES string of the molecule is COc1ccc(Cl)cc1NC(=O)CCN1C(=O)[C@H]2[C@@H]3CC[C@H](C3)[C@@H]2C1=O. The highest BCUT2D eigenvalue weighted by Gasteiger charge is 2.60. The van der Waals surface area contributed by atoms with Gasteiger partial charge < -0.3 is 10.1 Å². The second-order valence-corrected chi connectivity index (χ2v) is 7.79. The van der Waals surface area contributed by atoms with Gasteiger partial charge in [-0.05, 0) is 49.3 Å². The minimum Gasteiger partial charge on any atom is -0.495 e. The number of likely N-dealkylation sites (tertiary alicyclic amines) is 1. The van der Waals surface area contributed by atoms with E-state index in [4.69, 9.17) is 16.3 Å². The van der Waals surface area contributed by atoms with Crippen LogP contribution < -0.4 is 10.1 Å². The van der Waals surface area contributed by atoms with Gasteiger partial charge in [-0.2, -0.15) is 0 Å². The summed E-state index contributed by atoms with van der Waals surface area (Å²) >= 11 is 5.96. The predicted octanol–water partition coefficient (Wildman–Crippen LogP) is 2.71. The van der Waals surface area contributed by atoms with Gasteiger partial charge in [0.25, 0.3) is 0 Å². The minimum atomic E-state index is -0.286. The molecule has 1 saturated heterocycles. The van der Waals surface area contributed by atoms with Crippen LogP contribution in [0.25, 0.3) is 0 Å². The van der Waals surface area contributed by atoms with Gasteiger partial charge in [-0.15, -0.1) is 0 Å². The fourth-order valence-electron chi connectivity index (χ4n) is 4.89. The summed E-state index contributed by atoms with van der Waals surface area (Å²) in [6.07, 6.45) is 3.17. The molecule has 1 heterocycles. The molecule has 1 N–H and O–H groups in total. The fraction of sp³-hybridized carbons (Fsp3) is 0.526. The van der Waals surface area contributed by atoms with Crippen molar-refractivity contribution in [3.8, 4) is 5.75 Å². The number of methoxy groups -OCH3 is 1. The summed E-state index contributed by atoms with van der Waals surface area (Å²) < 4.78 is 5.20. The molecule has 2 bridgehead atoms. The quantitative estimate of drug-likeness (QED) is 0.802. The Kier molecular flexibility index (Phi) is 4.39. The smallest absolute Gasteiger partial charge is 0.233 e. The minimum absolute atomic E-state index is 0.0575. The van der Waals surface area contributed by atoms with E-state index in [1.165, 1.54) is 12.0 Å². The summed E-state index contributed by atoms with van der Waals surface area (Å²) in [5, 5.41) is 3.22. The molecule has 4 rings (SSSR count). The largest absolute Gasteiger partial charge is 0.495 e. The Hall–Kier alpha value is -2.08. The number of imide groups is 1. The van der Waals surface area contributed by atoms with E-state index in [0.717, 1.165) is 19.3 Å². The number of nitrogens with one attached hydrogen (secondary N) is 1. The van der Waals surface area contributed by atoms with Gasteiger partial charge in [-0.25, -0.2) is 0 Å². The lowest BCUT2D eigenvalue weighted by Gasteiger charge is -2.19. The number of amides is 3. The monoisotopic (exact) mass is 376 g/mol. The van der Waals surface area contributed by atoms with E-state index in [2.05, 4.69) is 5.32 Å². The lowest BCUT2D eigenvalue weighted by Crippen LogP contribution is -2.35. The second-order valence-electron chi connectivity index (χ2n) is 7.36. The van der Waals surface area contributed by atoms with Crippen LogP contribution in [0.5, 0.6) is 5.75 Å². The molecule has 1 aromatic carbocycles. The van der Waals surface area contributed by atoms with Gasteiger partial charge in [0.15, 0.2) is 0 Å². The van der Waals surface area contributed by atoms with Crippen molar-refractivity contribution in [2.75, 3.05) is 19.0 Å². The third kappa shape index (κ3) is 2.76. The van der Waals surface area contributed by atoms with Crippen LogP contribution in [0.2, 0.25) is 5.02 Å². The van der Waals surface area contributed by atoms with Crippen LogP contribution >= 0.6 is 11.6 Å². The van der Waals surface area contributed by atoms with E-state index in [1.807, 2.05) is 0 Å². The zero-order valence-corrected chi connectivity index (χ0v) is 15.3. The first-order valence-corrected chi connectivity index (χ1v) is 9.36. The van der Waals surface area contributed by atoms with E-state index in [-0.39, 0.29) is 42.5 Å².